The molecule has 1 aromatic carbocycles. The summed E-state index contributed by atoms with van der Waals surface area (Å²) in [5.74, 6) is 1.12. The molecule has 1 atom stereocenters. The summed E-state index contributed by atoms with van der Waals surface area (Å²) in [5, 5.41) is 4.61. The lowest BCUT2D eigenvalue weighted by Crippen LogP contribution is -2.35. The Morgan fingerprint density at radius 3 is 2.78 bits per heavy atom. The van der Waals surface area contributed by atoms with Crippen LogP contribution in [0.5, 0.6) is 0 Å². The first-order valence-corrected chi connectivity index (χ1v) is 8.39. The predicted octanol–water partition coefficient (Wildman–Crippen LogP) is 3.89. The quantitative estimate of drug-likeness (QED) is 0.832. The van der Waals surface area contributed by atoms with Gasteiger partial charge in [-0.05, 0) is 25.0 Å². The van der Waals surface area contributed by atoms with Crippen LogP contribution < -0.4 is 0 Å². The summed E-state index contributed by atoms with van der Waals surface area (Å²) in [6.45, 7) is 4.86. The van der Waals surface area contributed by atoms with Crippen LogP contribution in [0.4, 0.5) is 0 Å². The second kappa shape index (κ2) is 6.71. The van der Waals surface area contributed by atoms with Crippen LogP contribution in [0.2, 0.25) is 5.02 Å². The molecule has 0 radical (unpaired) electrons. The number of hydrogen-bond donors (Lipinski definition) is 0. The summed E-state index contributed by atoms with van der Waals surface area (Å²) in [5.41, 5.74) is 0.741. The molecular formula is C17H20ClN3O2. The van der Waals surface area contributed by atoms with Crippen molar-refractivity contribution < 1.29 is 9.32 Å². The van der Waals surface area contributed by atoms with Crippen LogP contribution in [-0.4, -0.2) is 33.5 Å². The van der Waals surface area contributed by atoms with Gasteiger partial charge in [0.25, 0.3) is 0 Å². The van der Waals surface area contributed by atoms with Crippen molar-refractivity contribution in [1.82, 2.24) is 15.0 Å². The predicted molar refractivity (Wildman–Crippen MR) is 88.2 cm³/mol. The molecule has 1 amide bonds. The van der Waals surface area contributed by atoms with Gasteiger partial charge in [0.1, 0.15) is 0 Å². The lowest BCUT2D eigenvalue weighted by atomic mass is 10.1. The van der Waals surface area contributed by atoms with Gasteiger partial charge in [-0.1, -0.05) is 42.7 Å². The third kappa shape index (κ3) is 3.11. The highest BCUT2D eigenvalue weighted by molar-refractivity contribution is 6.33. The zero-order valence-corrected chi connectivity index (χ0v) is 14.1. The van der Waals surface area contributed by atoms with Gasteiger partial charge in [0.2, 0.25) is 17.6 Å². The van der Waals surface area contributed by atoms with E-state index >= 15 is 0 Å². The smallest absolute Gasteiger partial charge is 0.232 e. The average molecular weight is 334 g/mol. The SMILES string of the molecule is CCC(CC)N1CC(c2nc(-c3ccccc3Cl)no2)CC1=O. The Hall–Kier alpha value is -1.88. The fourth-order valence-corrected chi connectivity index (χ4v) is 3.35. The van der Waals surface area contributed by atoms with E-state index in [1.54, 1.807) is 6.07 Å². The summed E-state index contributed by atoms with van der Waals surface area (Å²) in [4.78, 5) is 18.7. The molecule has 3 rings (SSSR count). The largest absolute Gasteiger partial charge is 0.339 e. The van der Waals surface area contributed by atoms with E-state index in [1.807, 2.05) is 23.1 Å². The summed E-state index contributed by atoms with van der Waals surface area (Å²) in [6, 6.07) is 7.67. The fraction of sp³-hybridized carbons (Fsp3) is 0.471. The monoisotopic (exact) mass is 333 g/mol. The highest BCUT2D eigenvalue weighted by atomic mass is 35.5. The van der Waals surface area contributed by atoms with Gasteiger partial charge in [-0.15, -0.1) is 0 Å². The third-order valence-corrected chi connectivity index (χ3v) is 4.78. The topological polar surface area (TPSA) is 59.2 Å². The first kappa shape index (κ1) is 16.0. The fourth-order valence-electron chi connectivity index (χ4n) is 3.13. The number of aromatic nitrogens is 2. The van der Waals surface area contributed by atoms with Crippen LogP contribution in [0.1, 0.15) is 44.9 Å². The third-order valence-electron chi connectivity index (χ3n) is 4.45. The highest BCUT2D eigenvalue weighted by Gasteiger charge is 2.36. The Bertz CT molecular complexity index is 697. The molecule has 122 valence electrons. The second-order valence-electron chi connectivity index (χ2n) is 5.85. The molecule has 0 spiro atoms. The number of nitrogens with zero attached hydrogens (tertiary/aromatic N) is 3. The lowest BCUT2D eigenvalue weighted by molar-refractivity contribution is -0.129. The van der Waals surface area contributed by atoms with Crippen molar-refractivity contribution in [2.75, 3.05) is 6.54 Å². The van der Waals surface area contributed by atoms with Gasteiger partial charge in [-0.2, -0.15) is 4.98 Å². The number of benzene rings is 1. The molecule has 1 unspecified atom stereocenters. The van der Waals surface area contributed by atoms with Gasteiger partial charge < -0.3 is 9.42 Å². The molecule has 1 aliphatic rings. The van der Waals surface area contributed by atoms with Crippen molar-refractivity contribution in [2.45, 2.75) is 45.1 Å². The Morgan fingerprint density at radius 2 is 2.09 bits per heavy atom. The molecule has 0 N–H and O–H groups in total. The molecule has 5 nitrogen and oxygen atoms in total. The van der Waals surface area contributed by atoms with Crippen LogP contribution in [0.25, 0.3) is 11.4 Å². The standard InChI is InChI=1S/C17H20ClN3O2/c1-3-12(4-2)21-10-11(9-15(21)22)17-19-16(20-23-17)13-7-5-6-8-14(13)18/h5-8,11-12H,3-4,9-10H2,1-2H3. The maximum absolute atomic E-state index is 12.3. The number of carbonyl (C=O) groups is 1. The first-order chi connectivity index (χ1) is 11.1. The molecule has 1 saturated heterocycles. The zero-order valence-electron chi connectivity index (χ0n) is 13.3. The van der Waals surface area contributed by atoms with E-state index in [9.17, 15) is 4.79 Å². The van der Waals surface area contributed by atoms with E-state index < -0.39 is 0 Å². The van der Waals surface area contributed by atoms with Gasteiger partial charge in [-0.25, -0.2) is 0 Å². The molecule has 2 aromatic rings. The van der Waals surface area contributed by atoms with E-state index in [1.165, 1.54) is 0 Å². The van der Waals surface area contributed by atoms with Gasteiger partial charge in [0.05, 0.1) is 10.9 Å². The number of rotatable bonds is 5. The average Bonchev–Trinajstić information content (AvgIpc) is 3.17. The number of halogens is 1. The minimum Gasteiger partial charge on any atom is -0.339 e. The van der Waals surface area contributed by atoms with Gasteiger partial charge in [0.15, 0.2) is 0 Å². The van der Waals surface area contributed by atoms with Crippen molar-refractivity contribution in [3.63, 3.8) is 0 Å². The van der Waals surface area contributed by atoms with Crippen molar-refractivity contribution in [3.05, 3.63) is 35.2 Å². The molecule has 0 aliphatic carbocycles. The molecular weight excluding hydrogens is 314 g/mol. The van der Waals surface area contributed by atoms with Crippen LogP contribution in [0.3, 0.4) is 0 Å². The first-order valence-electron chi connectivity index (χ1n) is 8.02. The van der Waals surface area contributed by atoms with E-state index in [2.05, 4.69) is 24.0 Å². The Morgan fingerprint density at radius 1 is 1.35 bits per heavy atom. The van der Waals surface area contributed by atoms with Gasteiger partial charge >= 0.3 is 0 Å². The van der Waals surface area contributed by atoms with Gasteiger partial charge in [-0.3, -0.25) is 4.79 Å². The summed E-state index contributed by atoms with van der Waals surface area (Å²) >= 11 is 6.17. The molecule has 0 bridgehead atoms. The molecule has 23 heavy (non-hydrogen) atoms. The minimum atomic E-state index is -0.0353. The van der Waals surface area contributed by atoms with E-state index in [-0.39, 0.29) is 11.8 Å². The highest BCUT2D eigenvalue weighted by Crippen LogP contribution is 2.32. The van der Waals surface area contributed by atoms with Crippen molar-refractivity contribution >= 4 is 17.5 Å². The van der Waals surface area contributed by atoms with Crippen molar-refractivity contribution in [2.24, 2.45) is 0 Å². The number of amides is 1. The van der Waals surface area contributed by atoms with E-state index in [0.717, 1.165) is 18.4 Å². The summed E-state index contributed by atoms with van der Waals surface area (Å²) < 4.78 is 5.40. The number of carbonyl (C=O) groups excluding carboxylic acids is 1. The number of likely N-dealkylation sites (tertiary alicyclic amines) is 1. The maximum Gasteiger partial charge on any atom is 0.232 e. The van der Waals surface area contributed by atoms with Crippen LogP contribution in [0.15, 0.2) is 28.8 Å². The van der Waals surface area contributed by atoms with E-state index in [0.29, 0.717) is 35.7 Å². The molecule has 6 heteroatoms. The minimum absolute atomic E-state index is 0.0353. The summed E-state index contributed by atoms with van der Waals surface area (Å²) in [7, 11) is 0. The molecule has 1 aliphatic heterocycles. The molecule has 2 heterocycles. The normalized spacial score (nSPS) is 18.2. The van der Waals surface area contributed by atoms with Gasteiger partial charge in [0, 0.05) is 24.6 Å². The van der Waals surface area contributed by atoms with Crippen molar-refractivity contribution in [3.8, 4) is 11.4 Å². The van der Waals surface area contributed by atoms with Crippen LogP contribution in [0, 0.1) is 0 Å². The number of hydrogen-bond acceptors (Lipinski definition) is 4. The zero-order chi connectivity index (χ0) is 16.4. The Balaban J connectivity index is 1.79. The molecule has 1 fully saturated rings. The summed E-state index contributed by atoms with van der Waals surface area (Å²) in [6.07, 6.45) is 2.36. The van der Waals surface area contributed by atoms with Crippen molar-refractivity contribution in [1.29, 1.82) is 0 Å². The Labute approximate surface area is 140 Å². The molecule has 0 saturated carbocycles. The second-order valence-corrected chi connectivity index (χ2v) is 6.26. The van der Waals surface area contributed by atoms with Crippen LogP contribution in [-0.2, 0) is 4.79 Å². The Kier molecular flexibility index (Phi) is 4.66. The van der Waals surface area contributed by atoms with E-state index in [4.69, 9.17) is 16.1 Å². The molecule has 1 aromatic heterocycles. The van der Waals surface area contributed by atoms with Crippen LogP contribution >= 0.6 is 11.6 Å². The lowest BCUT2D eigenvalue weighted by Gasteiger charge is -2.25. The maximum atomic E-state index is 12.3.